The minimum Gasteiger partial charge on any atom is -0.506 e. The van der Waals surface area contributed by atoms with Crippen molar-refractivity contribution in [3.8, 4) is 5.75 Å². The Morgan fingerprint density at radius 1 is 1.22 bits per heavy atom. The number of nitrogens with one attached hydrogen (secondary N) is 1. The molecule has 2 aromatic carbocycles. The number of halogens is 2. The molecule has 0 amide bonds. The fraction of sp³-hybridized carbons (Fsp3) is 0.143. The van der Waals surface area contributed by atoms with Gasteiger partial charge in [-0.15, -0.1) is 0 Å². The third-order valence-corrected chi connectivity index (χ3v) is 3.66. The van der Waals surface area contributed by atoms with Gasteiger partial charge in [0.1, 0.15) is 5.75 Å². The van der Waals surface area contributed by atoms with E-state index in [0.717, 1.165) is 11.3 Å². The lowest BCUT2D eigenvalue weighted by molar-refractivity contribution is 0.475. The Bertz CT molecular complexity index is 572. The number of hydrogen-bond donors (Lipinski definition) is 2. The zero-order valence-electron chi connectivity index (χ0n) is 9.87. The minimum absolute atomic E-state index is 0.117. The first-order chi connectivity index (χ1) is 8.56. The van der Waals surface area contributed by atoms with Crippen molar-refractivity contribution in [1.29, 1.82) is 0 Å². The Morgan fingerprint density at radius 3 is 2.67 bits per heavy atom. The van der Waals surface area contributed by atoms with E-state index in [2.05, 4.69) is 53.0 Å². The van der Waals surface area contributed by atoms with Gasteiger partial charge in [0, 0.05) is 15.8 Å². The predicted octanol–water partition coefficient (Wildman–Crippen LogP) is 4.57. The van der Waals surface area contributed by atoms with Crippen LogP contribution in [-0.4, -0.2) is 5.11 Å². The topological polar surface area (TPSA) is 32.3 Å². The van der Waals surface area contributed by atoms with Crippen LogP contribution in [0.4, 0.5) is 5.69 Å². The van der Waals surface area contributed by atoms with Crippen LogP contribution in [0.1, 0.15) is 11.1 Å². The van der Waals surface area contributed by atoms with Gasteiger partial charge in [0.2, 0.25) is 0 Å². The zero-order chi connectivity index (χ0) is 13.1. The van der Waals surface area contributed by atoms with Crippen LogP contribution in [0.3, 0.4) is 0 Å². The average Bonchev–Trinajstić information content (AvgIpc) is 2.32. The molecule has 0 spiro atoms. The van der Waals surface area contributed by atoms with Gasteiger partial charge in [-0.2, -0.15) is 0 Å². The van der Waals surface area contributed by atoms with E-state index in [1.165, 1.54) is 9.13 Å². The van der Waals surface area contributed by atoms with Gasteiger partial charge in [0.05, 0.1) is 5.02 Å². The van der Waals surface area contributed by atoms with Gasteiger partial charge < -0.3 is 10.4 Å². The van der Waals surface area contributed by atoms with Crippen LogP contribution in [0.15, 0.2) is 36.4 Å². The second-order valence-corrected chi connectivity index (χ2v) is 5.75. The maximum absolute atomic E-state index is 9.35. The van der Waals surface area contributed by atoms with Crippen molar-refractivity contribution < 1.29 is 5.11 Å². The summed E-state index contributed by atoms with van der Waals surface area (Å²) in [5.41, 5.74) is 3.36. The van der Waals surface area contributed by atoms with Crippen LogP contribution >= 0.6 is 34.2 Å². The molecule has 2 aromatic rings. The van der Waals surface area contributed by atoms with E-state index in [9.17, 15) is 5.11 Å². The Hall–Kier alpha value is -0.940. The van der Waals surface area contributed by atoms with Crippen molar-refractivity contribution in [2.75, 3.05) is 5.32 Å². The van der Waals surface area contributed by atoms with Crippen molar-refractivity contribution in [3.63, 3.8) is 0 Å². The largest absolute Gasteiger partial charge is 0.506 e. The molecule has 0 fully saturated rings. The fourth-order valence-corrected chi connectivity index (χ4v) is 2.53. The number of anilines is 1. The molecular formula is C14H13ClINO. The van der Waals surface area contributed by atoms with Crippen LogP contribution in [0.2, 0.25) is 5.02 Å². The smallest absolute Gasteiger partial charge is 0.134 e. The summed E-state index contributed by atoms with van der Waals surface area (Å²) < 4.78 is 1.23. The summed E-state index contributed by atoms with van der Waals surface area (Å²) in [6.45, 7) is 2.76. The van der Waals surface area contributed by atoms with Gasteiger partial charge >= 0.3 is 0 Å². The Morgan fingerprint density at radius 2 is 2.00 bits per heavy atom. The van der Waals surface area contributed by atoms with E-state index in [-0.39, 0.29) is 5.75 Å². The molecule has 0 atom stereocenters. The van der Waals surface area contributed by atoms with Gasteiger partial charge in [0.25, 0.3) is 0 Å². The summed E-state index contributed by atoms with van der Waals surface area (Å²) in [7, 11) is 0. The summed E-state index contributed by atoms with van der Waals surface area (Å²) in [4.78, 5) is 0. The second-order valence-electron chi connectivity index (χ2n) is 4.10. The van der Waals surface area contributed by atoms with E-state index < -0.39 is 0 Å². The number of hydrogen-bond acceptors (Lipinski definition) is 2. The molecule has 94 valence electrons. The molecule has 0 saturated carbocycles. The molecule has 2 rings (SSSR count). The first kappa shape index (κ1) is 13.5. The fourth-order valence-electron chi connectivity index (χ4n) is 1.68. The van der Waals surface area contributed by atoms with Crippen molar-refractivity contribution in [2.45, 2.75) is 13.5 Å². The van der Waals surface area contributed by atoms with Gasteiger partial charge in [0.15, 0.2) is 0 Å². The Balaban J connectivity index is 2.09. The van der Waals surface area contributed by atoms with Crippen molar-refractivity contribution in [3.05, 3.63) is 56.1 Å². The number of phenols is 1. The van der Waals surface area contributed by atoms with Crippen LogP contribution < -0.4 is 5.32 Å². The first-order valence-electron chi connectivity index (χ1n) is 5.53. The maximum Gasteiger partial charge on any atom is 0.134 e. The van der Waals surface area contributed by atoms with Crippen molar-refractivity contribution in [2.24, 2.45) is 0 Å². The highest BCUT2D eigenvalue weighted by atomic mass is 127. The first-order valence-corrected chi connectivity index (χ1v) is 6.99. The molecule has 4 heteroatoms. The third-order valence-electron chi connectivity index (χ3n) is 2.68. The third kappa shape index (κ3) is 3.29. The average molecular weight is 374 g/mol. The number of rotatable bonds is 3. The molecule has 18 heavy (non-hydrogen) atoms. The molecule has 0 radical (unpaired) electrons. The van der Waals surface area contributed by atoms with E-state index in [4.69, 9.17) is 11.6 Å². The summed E-state index contributed by atoms with van der Waals surface area (Å²) in [6.07, 6.45) is 0. The molecule has 2 N–H and O–H groups in total. The summed E-state index contributed by atoms with van der Waals surface area (Å²) >= 11 is 8.17. The molecule has 0 aliphatic rings. The highest BCUT2D eigenvalue weighted by molar-refractivity contribution is 14.1. The SMILES string of the molecule is Cc1cc(I)ccc1NCc1ccc(O)c(Cl)c1. The molecule has 0 heterocycles. The summed E-state index contributed by atoms with van der Waals surface area (Å²) in [6, 6.07) is 11.5. The lowest BCUT2D eigenvalue weighted by Gasteiger charge is -2.10. The molecule has 0 aliphatic heterocycles. The monoisotopic (exact) mass is 373 g/mol. The molecule has 0 unspecified atom stereocenters. The molecule has 0 bridgehead atoms. The van der Waals surface area contributed by atoms with Crippen LogP contribution in [0.5, 0.6) is 5.75 Å². The summed E-state index contributed by atoms with van der Waals surface area (Å²) in [5, 5.41) is 13.1. The zero-order valence-corrected chi connectivity index (χ0v) is 12.8. The number of phenolic OH excluding ortho intramolecular Hbond substituents is 1. The second kappa shape index (κ2) is 5.80. The van der Waals surface area contributed by atoms with E-state index in [0.29, 0.717) is 11.6 Å². The van der Waals surface area contributed by atoms with E-state index >= 15 is 0 Å². The summed E-state index contributed by atoms with van der Waals surface area (Å²) in [5.74, 6) is 0.117. The lowest BCUT2D eigenvalue weighted by atomic mass is 10.1. The standard InChI is InChI=1S/C14H13ClINO/c1-9-6-11(16)3-4-13(9)17-8-10-2-5-14(18)12(15)7-10/h2-7,17-18H,8H2,1H3. The molecule has 0 aromatic heterocycles. The van der Waals surface area contributed by atoms with Gasteiger partial charge in [-0.05, 0) is 71.0 Å². The lowest BCUT2D eigenvalue weighted by Crippen LogP contribution is -2.01. The predicted molar refractivity (Wildman–Crippen MR) is 84.3 cm³/mol. The van der Waals surface area contributed by atoms with Crippen LogP contribution in [0.25, 0.3) is 0 Å². The molecular weight excluding hydrogens is 361 g/mol. The molecule has 0 saturated heterocycles. The highest BCUT2D eigenvalue weighted by Gasteiger charge is 2.02. The van der Waals surface area contributed by atoms with Crippen LogP contribution in [-0.2, 0) is 6.54 Å². The van der Waals surface area contributed by atoms with Crippen molar-refractivity contribution in [1.82, 2.24) is 0 Å². The Labute approximate surface area is 125 Å². The minimum atomic E-state index is 0.117. The van der Waals surface area contributed by atoms with Gasteiger partial charge in [-0.3, -0.25) is 0 Å². The number of benzene rings is 2. The highest BCUT2D eigenvalue weighted by Crippen LogP contribution is 2.24. The normalized spacial score (nSPS) is 10.4. The van der Waals surface area contributed by atoms with Crippen molar-refractivity contribution >= 4 is 39.9 Å². The van der Waals surface area contributed by atoms with E-state index in [1.54, 1.807) is 12.1 Å². The van der Waals surface area contributed by atoms with E-state index in [1.807, 2.05) is 6.07 Å². The quantitative estimate of drug-likeness (QED) is 0.773. The van der Waals surface area contributed by atoms with Gasteiger partial charge in [-0.1, -0.05) is 17.7 Å². The van der Waals surface area contributed by atoms with Crippen LogP contribution in [0, 0.1) is 10.5 Å². The van der Waals surface area contributed by atoms with Gasteiger partial charge in [-0.25, -0.2) is 0 Å². The molecule has 0 aliphatic carbocycles. The maximum atomic E-state index is 9.35. The number of aromatic hydroxyl groups is 1. The number of aryl methyl sites for hydroxylation is 1. The molecule has 2 nitrogen and oxygen atoms in total. The Kier molecular flexibility index (Phi) is 4.35.